The van der Waals surface area contributed by atoms with Gasteiger partial charge in [0.15, 0.2) is 11.2 Å². The van der Waals surface area contributed by atoms with Crippen molar-refractivity contribution in [3.63, 3.8) is 0 Å². The largest absolute Gasteiger partial charge is 0.436 e. The van der Waals surface area contributed by atoms with E-state index >= 15 is 0 Å². The van der Waals surface area contributed by atoms with Crippen molar-refractivity contribution in [2.24, 2.45) is 0 Å². The van der Waals surface area contributed by atoms with Crippen LogP contribution in [0.1, 0.15) is 0 Å². The van der Waals surface area contributed by atoms with Crippen LogP contribution in [0.5, 0.6) is 0 Å². The van der Waals surface area contributed by atoms with E-state index in [1.165, 1.54) is 40.3 Å². The molecule has 44 heavy (non-hydrogen) atoms. The average molecular weight is 601 g/mol. The van der Waals surface area contributed by atoms with Crippen molar-refractivity contribution >= 4 is 85.2 Å². The molecule has 0 aliphatic heterocycles. The summed E-state index contributed by atoms with van der Waals surface area (Å²) in [7, 11) is 0. The monoisotopic (exact) mass is 600 g/mol. The average Bonchev–Trinajstić information content (AvgIpc) is 3.85. The zero-order valence-electron chi connectivity index (χ0n) is 23.1. The first-order chi connectivity index (χ1) is 21.7. The number of oxazole rings is 2. The number of benzene rings is 6. The van der Waals surface area contributed by atoms with Crippen LogP contribution in [0.2, 0.25) is 0 Å². The van der Waals surface area contributed by atoms with Crippen molar-refractivity contribution in [3.05, 3.63) is 121 Å². The number of aromatic nitrogens is 2. The SMILES string of the molecule is c1ccc2c(c1)sc1ccc(-c3ccc4nc(-c5ccc6nc(-c7ccc8sc9ccccc9c8c7)oc6c5)oc4c3)cc12. The lowest BCUT2D eigenvalue weighted by atomic mass is 10.0. The van der Waals surface area contributed by atoms with Gasteiger partial charge in [-0.25, -0.2) is 9.97 Å². The highest BCUT2D eigenvalue weighted by atomic mass is 32.1. The van der Waals surface area contributed by atoms with Gasteiger partial charge in [0.25, 0.3) is 0 Å². The van der Waals surface area contributed by atoms with Crippen LogP contribution in [0.4, 0.5) is 0 Å². The molecule has 0 unspecified atom stereocenters. The summed E-state index contributed by atoms with van der Waals surface area (Å²) >= 11 is 3.63. The van der Waals surface area contributed by atoms with Gasteiger partial charge in [0.05, 0.1) is 0 Å². The molecule has 0 aliphatic rings. The minimum atomic E-state index is 0.558. The predicted octanol–water partition coefficient (Wildman–Crippen LogP) is 11.7. The van der Waals surface area contributed by atoms with Gasteiger partial charge in [-0.15, -0.1) is 22.7 Å². The van der Waals surface area contributed by atoms with Crippen LogP contribution >= 0.6 is 22.7 Å². The second-order valence-corrected chi connectivity index (χ2v) is 13.2. The number of nitrogens with zero attached hydrogens (tertiary/aromatic N) is 2. The molecule has 0 bridgehead atoms. The molecule has 6 aromatic carbocycles. The number of thiophene rings is 2. The molecule has 0 atom stereocenters. The van der Waals surface area contributed by atoms with Crippen molar-refractivity contribution < 1.29 is 8.83 Å². The fourth-order valence-corrected chi connectivity index (χ4v) is 8.35. The Bertz CT molecular complexity index is 2630. The third-order valence-corrected chi connectivity index (χ3v) is 10.7. The van der Waals surface area contributed by atoms with Crippen LogP contribution in [0.15, 0.2) is 130 Å². The fourth-order valence-electron chi connectivity index (χ4n) is 6.17. The summed E-state index contributed by atoms with van der Waals surface area (Å²) in [6.07, 6.45) is 0. The topological polar surface area (TPSA) is 52.1 Å². The molecule has 0 radical (unpaired) electrons. The molecule has 0 spiro atoms. The Hall–Kier alpha value is -5.30. The van der Waals surface area contributed by atoms with Gasteiger partial charge in [-0.05, 0) is 83.9 Å². The third-order valence-electron chi connectivity index (χ3n) is 8.36. The summed E-state index contributed by atoms with van der Waals surface area (Å²) in [6.45, 7) is 0. The van der Waals surface area contributed by atoms with Crippen molar-refractivity contribution in [1.82, 2.24) is 9.97 Å². The van der Waals surface area contributed by atoms with Gasteiger partial charge < -0.3 is 8.83 Å². The van der Waals surface area contributed by atoms with E-state index in [-0.39, 0.29) is 0 Å². The summed E-state index contributed by atoms with van der Waals surface area (Å²) in [6, 6.07) is 42.3. The highest BCUT2D eigenvalue weighted by molar-refractivity contribution is 7.26. The molecule has 4 aromatic heterocycles. The van der Waals surface area contributed by atoms with Gasteiger partial charge >= 0.3 is 0 Å². The van der Waals surface area contributed by atoms with E-state index in [4.69, 9.17) is 18.8 Å². The normalized spacial score (nSPS) is 12.1. The molecule has 0 N–H and O–H groups in total. The fraction of sp³-hybridized carbons (Fsp3) is 0. The van der Waals surface area contributed by atoms with Crippen molar-refractivity contribution in [2.45, 2.75) is 0 Å². The Morgan fingerprint density at radius 2 is 0.818 bits per heavy atom. The number of fused-ring (bicyclic) bond motifs is 8. The molecule has 0 fully saturated rings. The van der Waals surface area contributed by atoms with Crippen LogP contribution in [-0.2, 0) is 0 Å². The van der Waals surface area contributed by atoms with Gasteiger partial charge in [-0.2, -0.15) is 0 Å². The highest BCUT2D eigenvalue weighted by Crippen LogP contribution is 2.39. The lowest BCUT2D eigenvalue weighted by molar-refractivity contribution is 0.614. The lowest BCUT2D eigenvalue weighted by Gasteiger charge is -2.02. The Balaban J connectivity index is 1.01. The molecule has 0 saturated heterocycles. The maximum atomic E-state index is 6.31. The molecule has 10 rings (SSSR count). The minimum Gasteiger partial charge on any atom is -0.436 e. The summed E-state index contributed by atoms with van der Waals surface area (Å²) < 4.78 is 17.7. The van der Waals surface area contributed by atoms with Crippen molar-refractivity contribution in [1.29, 1.82) is 0 Å². The maximum Gasteiger partial charge on any atom is 0.227 e. The summed E-state index contributed by atoms with van der Waals surface area (Å²) in [5, 5.41) is 5.06. The van der Waals surface area contributed by atoms with E-state index < -0.39 is 0 Å². The molecule has 4 nitrogen and oxygen atoms in total. The Labute approximate surface area is 258 Å². The molecule has 206 valence electrons. The number of hydrogen-bond donors (Lipinski definition) is 0. The molecule has 0 saturated carbocycles. The predicted molar refractivity (Wildman–Crippen MR) is 184 cm³/mol. The summed E-state index contributed by atoms with van der Waals surface area (Å²) in [5.74, 6) is 1.16. The standard InChI is InChI=1S/C38H20N2O2S2/c1-3-7-33-25(5-1)27-17-21(11-15-35(27)43-33)22-9-13-29-31(19-22)41-38(40-29)24-10-14-30-32(20-24)42-37(39-30)23-12-16-36-28(18-23)26-6-2-4-8-34(26)44-36/h1-20H. The van der Waals surface area contributed by atoms with Crippen LogP contribution in [0.3, 0.4) is 0 Å². The van der Waals surface area contributed by atoms with Gasteiger partial charge in [-0.1, -0.05) is 48.5 Å². The molecule has 4 heterocycles. The summed E-state index contributed by atoms with van der Waals surface area (Å²) in [4.78, 5) is 9.60. The first-order valence-corrected chi connectivity index (χ1v) is 16.0. The Morgan fingerprint density at radius 1 is 0.386 bits per heavy atom. The lowest BCUT2D eigenvalue weighted by Crippen LogP contribution is -1.78. The van der Waals surface area contributed by atoms with E-state index in [0.717, 1.165) is 38.9 Å². The van der Waals surface area contributed by atoms with E-state index in [2.05, 4.69) is 97.1 Å². The van der Waals surface area contributed by atoms with Gasteiger partial charge in [0.1, 0.15) is 11.0 Å². The highest BCUT2D eigenvalue weighted by Gasteiger charge is 2.15. The van der Waals surface area contributed by atoms with Crippen LogP contribution in [0, 0.1) is 0 Å². The van der Waals surface area contributed by atoms with E-state index in [1.54, 1.807) is 11.3 Å². The number of hydrogen-bond acceptors (Lipinski definition) is 6. The van der Waals surface area contributed by atoms with Crippen LogP contribution in [0.25, 0.3) is 96.6 Å². The maximum absolute atomic E-state index is 6.31. The molecular formula is C38H20N2O2S2. The van der Waals surface area contributed by atoms with Gasteiger partial charge in [0, 0.05) is 51.5 Å². The Morgan fingerprint density at radius 3 is 1.45 bits per heavy atom. The molecular weight excluding hydrogens is 581 g/mol. The molecule has 0 amide bonds. The summed E-state index contributed by atoms with van der Waals surface area (Å²) in [5.41, 5.74) is 7.14. The van der Waals surface area contributed by atoms with Crippen LogP contribution in [-0.4, -0.2) is 9.97 Å². The van der Waals surface area contributed by atoms with Gasteiger partial charge in [-0.3, -0.25) is 0 Å². The smallest absolute Gasteiger partial charge is 0.227 e. The zero-order chi connectivity index (χ0) is 28.8. The quantitative estimate of drug-likeness (QED) is 0.202. The zero-order valence-corrected chi connectivity index (χ0v) is 24.7. The van der Waals surface area contributed by atoms with E-state index in [9.17, 15) is 0 Å². The van der Waals surface area contributed by atoms with Crippen LogP contribution < -0.4 is 0 Å². The molecule has 10 aromatic rings. The van der Waals surface area contributed by atoms with E-state index in [1.807, 2.05) is 35.6 Å². The van der Waals surface area contributed by atoms with Crippen molar-refractivity contribution in [3.8, 4) is 34.0 Å². The van der Waals surface area contributed by atoms with E-state index in [0.29, 0.717) is 17.4 Å². The van der Waals surface area contributed by atoms with Crippen molar-refractivity contribution in [2.75, 3.05) is 0 Å². The van der Waals surface area contributed by atoms with Gasteiger partial charge in [0.2, 0.25) is 11.8 Å². The second kappa shape index (κ2) is 9.10. The Kier molecular flexibility index (Phi) is 5.00. The third kappa shape index (κ3) is 3.68. The first-order valence-electron chi connectivity index (χ1n) is 14.4. The molecule has 0 aliphatic carbocycles. The second-order valence-electron chi connectivity index (χ2n) is 11.0. The first kappa shape index (κ1) is 24.2. The minimum absolute atomic E-state index is 0.558. The number of rotatable bonds is 3. The molecule has 6 heteroatoms.